The lowest BCUT2D eigenvalue weighted by Gasteiger charge is -2.42. The quantitative estimate of drug-likeness (QED) is 0.581. The topological polar surface area (TPSA) is 63.6 Å². The Morgan fingerprint density at radius 1 is 1.38 bits per heavy atom. The molecule has 5 heteroatoms. The Morgan fingerprint density at radius 3 is 2.62 bits per heavy atom. The van der Waals surface area contributed by atoms with Crippen molar-refractivity contribution in [2.75, 3.05) is 0 Å². The minimum absolute atomic E-state index is 0.166. The van der Waals surface area contributed by atoms with Crippen LogP contribution in [0.15, 0.2) is 0 Å². The minimum Gasteiger partial charge on any atom is -0.479 e. The van der Waals surface area contributed by atoms with Crippen LogP contribution in [0.4, 0.5) is 0 Å². The molecule has 2 fully saturated rings. The molecule has 2 aliphatic rings. The van der Waals surface area contributed by atoms with E-state index in [-0.39, 0.29) is 11.3 Å². The van der Waals surface area contributed by atoms with E-state index >= 15 is 0 Å². The largest absolute Gasteiger partial charge is 0.479 e. The molecule has 2 rings (SSSR count). The van der Waals surface area contributed by atoms with Crippen LogP contribution in [0.1, 0.15) is 72.1 Å². The first kappa shape index (κ1) is 21.6. The summed E-state index contributed by atoms with van der Waals surface area (Å²) in [5.74, 6) is 1.02. The summed E-state index contributed by atoms with van der Waals surface area (Å²) in [6.45, 7) is 12.5. The predicted octanol–water partition coefficient (Wildman–Crippen LogP) is 5.27. The molecule has 0 heterocycles. The molecule has 0 aromatic carbocycles. The maximum Gasteiger partial charge on any atom is 0.334 e. The second kappa shape index (κ2) is 7.74. The Hall–Kier alpha value is -0.683. The van der Waals surface area contributed by atoms with E-state index < -0.39 is 19.9 Å². The fourth-order valence-electron chi connectivity index (χ4n) is 5.74. The molecule has 4 nitrogen and oxygen atoms in total. The van der Waals surface area contributed by atoms with Gasteiger partial charge in [0.05, 0.1) is 0 Å². The Labute approximate surface area is 160 Å². The number of carbonyl (C=O) groups excluding carboxylic acids is 1. The Kier molecular flexibility index (Phi) is 6.44. The number of Topliss-reactive ketones (excluding diaryl/α,β-unsaturated/α-hetero) is 1. The molecule has 26 heavy (non-hydrogen) atoms. The van der Waals surface area contributed by atoms with Crippen LogP contribution >= 0.6 is 0 Å². The Morgan fingerprint density at radius 2 is 2.04 bits per heavy atom. The van der Waals surface area contributed by atoms with Gasteiger partial charge in [0.2, 0.25) is 0 Å². The second-order valence-corrected chi connectivity index (χ2v) is 14.6. The molecule has 0 saturated heterocycles. The van der Waals surface area contributed by atoms with Crippen molar-refractivity contribution in [2.24, 2.45) is 23.2 Å². The average Bonchev–Trinajstić information content (AvgIpc) is 2.83. The van der Waals surface area contributed by atoms with Gasteiger partial charge in [-0.05, 0) is 82.3 Å². The van der Waals surface area contributed by atoms with Gasteiger partial charge in [0.1, 0.15) is 5.78 Å². The molecule has 0 bridgehead atoms. The highest BCUT2D eigenvalue weighted by atomic mass is 28.4. The van der Waals surface area contributed by atoms with E-state index in [9.17, 15) is 14.7 Å². The summed E-state index contributed by atoms with van der Waals surface area (Å²) in [5.41, 5.74) is -0.910. The van der Waals surface area contributed by atoms with Crippen molar-refractivity contribution in [3.63, 3.8) is 0 Å². The fraction of sp³-hybridized carbons (Fsp3) is 0.905. The highest BCUT2D eigenvalue weighted by molar-refractivity contribution is 6.70. The summed E-state index contributed by atoms with van der Waals surface area (Å²) in [6.07, 6.45) is 7.61. The van der Waals surface area contributed by atoms with Crippen LogP contribution in [-0.2, 0) is 14.0 Å². The fourth-order valence-corrected chi connectivity index (χ4v) is 7.29. The third-order valence-corrected chi connectivity index (χ3v) is 7.98. The maximum absolute atomic E-state index is 12.3. The van der Waals surface area contributed by atoms with E-state index in [0.717, 1.165) is 38.5 Å². The number of rotatable bonds is 8. The Bertz CT molecular complexity index is 541. The molecule has 1 N–H and O–H groups in total. The zero-order valence-electron chi connectivity index (χ0n) is 17.6. The van der Waals surface area contributed by atoms with Crippen LogP contribution < -0.4 is 0 Å². The van der Waals surface area contributed by atoms with Gasteiger partial charge in [-0.2, -0.15) is 0 Å². The summed E-state index contributed by atoms with van der Waals surface area (Å²) < 4.78 is 6.01. The minimum atomic E-state index is -1.92. The first-order valence-corrected chi connectivity index (χ1v) is 13.8. The number of fused-ring (bicyclic) bond motifs is 1. The molecular formula is C21H38O4Si. The molecule has 0 amide bonds. The standard InChI is InChI=1S/C21H38O4Si/c1-15(9-7-14-21(3,19(23)24)25-26(4,5)6)16-11-12-17-18(22)10-8-13-20(16,17)2/h15-17H,7-14H2,1-6H3,(H,23,24)/t15-,16-,17?,20-,21-/m1/s1. The molecule has 1 unspecified atom stereocenters. The summed E-state index contributed by atoms with van der Waals surface area (Å²) in [5, 5.41) is 9.66. The normalized spacial score (nSPS) is 32.8. The Balaban J connectivity index is 1.95. The lowest BCUT2D eigenvalue weighted by molar-refractivity contribution is -0.155. The number of hydrogen-bond acceptors (Lipinski definition) is 3. The van der Waals surface area contributed by atoms with E-state index in [2.05, 4.69) is 13.8 Å². The summed E-state index contributed by atoms with van der Waals surface area (Å²) in [6, 6.07) is 0. The summed E-state index contributed by atoms with van der Waals surface area (Å²) in [7, 11) is -1.92. The number of hydrogen-bond donors (Lipinski definition) is 1. The van der Waals surface area contributed by atoms with Gasteiger partial charge in [-0.1, -0.05) is 20.3 Å². The van der Waals surface area contributed by atoms with E-state index in [1.165, 1.54) is 6.42 Å². The number of carbonyl (C=O) groups is 2. The molecule has 0 aromatic heterocycles. The van der Waals surface area contributed by atoms with Crippen molar-refractivity contribution in [1.29, 1.82) is 0 Å². The predicted molar refractivity (Wildman–Crippen MR) is 107 cm³/mol. The number of carboxylic acid groups (broad SMARTS) is 1. The molecular weight excluding hydrogens is 344 g/mol. The lowest BCUT2D eigenvalue weighted by Crippen LogP contribution is -2.46. The zero-order valence-corrected chi connectivity index (χ0v) is 18.6. The van der Waals surface area contributed by atoms with Gasteiger partial charge in [0.15, 0.2) is 13.9 Å². The van der Waals surface area contributed by atoms with Crippen LogP contribution in [0.25, 0.3) is 0 Å². The number of carboxylic acids is 1. The van der Waals surface area contributed by atoms with Crippen molar-refractivity contribution >= 4 is 20.1 Å². The SMILES string of the molecule is C[C@H](CCC[C@@](C)(O[Si](C)(C)C)C(=O)O)[C@H]1CCC2C(=O)CCC[C@@]21C. The monoisotopic (exact) mass is 382 g/mol. The van der Waals surface area contributed by atoms with E-state index in [1.54, 1.807) is 6.92 Å². The summed E-state index contributed by atoms with van der Waals surface area (Å²) >= 11 is 0. The highest BCUT2D eigenvalue weighted by Crippen LogP contribution is 2.57. The molecule has 0 spiro atoms. The van der Waals surface area contributed by atoms with Gasteiger partial charge < -0.3 is 9.53 Å². The van der Waals surface area contributed by atoms with Gasteiger partial charge in [-0.15, -0.1) is 0 Å². The maximum atomic E-state index is 12.3. The van der Waals surface area contributed by atoms with E-state index in [0.29, 0.717) is 24.0 Å². The van der Waals surface area contributed by atoms with Crippen LogP contribution in [0.2, 0.25) is 19.6 Å². The van der Waals surface area contributed by atoms with Crippen molar-refractivity contribution < 1.29 is 19.1 Å². The first-order chi connectivity index (χ1) is 11.9. The average molecular weight is 383 g/mol. The van der Waals surface area contributed by atoms with Crippen LogP contribution in [-0.4, -0.2) is 30.8 Å². The van der Waals surface area contributed by atoms with Crippen LogP contribution in [0, 0.1) is 23.2 Å². The van der Waals surface area contributed by atoms with Crippen molar-refractivity contribution in [2.45, 2.75) is 97.4 Å². The lowest BCUT2D eigenvalue weighted by atomic mass is 9.62. The molecule has 0 radical (unpaired) electrons. The molecule has 0 aromatic rings. The zero-order chi connectivity index (χ0) is 19.8. The van der Waals surface area contributed by atoms with E-state index in [1.807, 2.05) is 19.6 Å². The van der Waals surface area contributed by atoms with Gasteiger partial charge in [0, 0.05) is 12.3 Å². The van der Waals surface area contributed by atoms with Gasteiger partial charge in [-0.25, -0.2) is 4.79 Å². The smallest absolute Gasteiger partial charge is 0.334 e. The molecule has 5 atom stereocenters. The van der Waals surface area contributed by atoms with E-state index in [4.69, 9.17) is 4.43 Å². The molecule has 2 aliphatic carbocycles. The second-order valence-electron chi connectivity index (χ2n) is 10.2. The highest BCUT2D eigenvalue weighted by Gasteiger charge is 2.52. The third kappa shape index (κ3) is 4.59. The first-order valence-electron chi connectivity index (χ1n) is 10.4. The summed E-state index contributed by atoms with van der Waals surface area (Å²) in [4.78, 5) is 24.1. The number of aliphatic carboxylic acids is 1. The van der Waals surface area contributed by atoms with Crippen molar-refractivity contribution in [3.05, 3.63) is 0 Å². The van der Waals surface area contributed by atoms with Crippen LogP contribution in [0.5, 0.6) is 0 Å². The molecule has 150 valence electrons. The molecule has 2 saturated carbocycles. The van der Waals surface area contributed by atoms with Crippen molar-refractivity contribution in [3.8, 4) is 0 Å². The number of ketones is 1. The molecule has 0 aliphatic heterocycles. The van der Waals surface area contributed by atoms with Gasteiger partial charge in [0.25, 0.3) is 0 Å². The van der Waals surface area contributed by atoms with Crippen molar-refractivity contribution in [1.82, 2.24) is 0 Å². The van der Waals surface area contributed by atoms with Gasteiger partial charge in [-0.3, -0.25) is 4.79 Å². The van der Waals surface area contributed by atoms with Crippen LogP contribution in [0.3, 0.4) is 0 Å². The van der Waals surface area contributed by atoms with Gasteiger partial charge >= 0.3 is 5.97 Å². The third-order valence-electron chi connectivity index (χ3n) is 6.92.